The van der Waals surface area contributed by atoms with Crippen LogP contribution in [0.3, 0.4) is 0 Å². The van der Waals surface area contributed by atoms with Crippen LogP contribution in [0, 0.1) is 5.92 Å². The molecule has 5 nitrogen and oxygen atoms in total. The molecule has 0 atom stereocenters. The average molecular weight is 323 g/mol. The second-order valence-corrected chi connectivity index (χ2v) is 6.93. The minimum atomic E-state index is 0.762. The van der Waals surface area contributed by atoms with Crippen molar-refractivity contribution in [3.05, 3.63) is 42.1 Å². The van der Waals surface area contributed by atoms with Gasteiger partial charge in [-0.1, -0.05) is 30.3 Å². The smallest absolute Gasteiger partial charge is 0.247 e. The minimum Gasteiger partial charge on any atom is -0.355 e. The van der Waals surface area contributed by atoms with Gasteiger partial charge in [-0.25, -0.2) is 0 Å². The lowest BCUT2D eigenvalue weighted by Crippen LogP contribution is -2.36. The summed E-state index contributed by atoms with van der Waals surface area (Å²) in [5.41, 5.74) is 1.45. The lowest BCUT2D eigenvalue weighted by atomic mass is 9.90. The molecule has 0 radical (unpaired) electrons. The highest BCUT2D eigenvalue weighted by Gasteiger charge is 2.22. The summed E-state index contributed by atoms with van der Waals surface area (Å²) in [5, 5.41) is 8.48. The van der Waals surface area contributed by atoms with Crippen molar-refractivity contribution in [2.45, 2.75) is 32.1 Å². The number of nitrogens with zero attached hydrogens (tertiary/aromatic N) is 5. The van der Waals surface area contributed by atoms with Gasteiger partial charge in [0.15, 0.2) is 5.82 Å². The van der Waals surface area contributed by atoms with Crippen LogP contribution in [0.5, 0.6) is 0 Å². The predicted octanol–water partition coefficient (Wildman–Crippen LogP) is 2.93. The van der Waals surface area contributed by atoms with Crippen LogP contribution < -0.4 is 9.80 Å². The van der Waals surface area contributed by atoms with Crippen molar-refractivity contribution in [1.29, 1.82) is 0 Å². The molecule has 4 rings (SSSR count). The number of hydrogen-bond acceptors (Lipinski definition) is 5. The summed E-state index contributed by atoms with van der Waals surface area (Å²) in [4.78, 5) is 9.39. The third-order valence-corrected chi connectivity index (χ3v) is 5.23. The van der Waals surface area contributed by atoms with E-state index in [1.807, 2.05) is 0 Å². The summed E-state index contributed by atoms with van der Waals surface area (Å²) in [6.07, 6.45) is 7.89. The molecule has 2 saturated heterocycles. The van der Waals surface area contributed by atoms with Gasteiger partial charge in [0.25, 0.3) is 0 Å². The molecule has 2 aliphatic heterocycles. The van der Waals surface area contributed by atoms with Gasteiger partial charge in [0.1, 0.15) is 0 Å². The first-order chi connectivity index (χ1) is 11.9. The highest BCUT2D eigenvalue weighted by atomic mass is 15.4. The molecule has 0 N–H and O–H groups in total. The summed E-state index contributed by atoms with van der Waals surface area (Å²) in [6, 6.07) is 10.8. The Labute approximate surface area is 143 Å². The molecule has 0 spiro atoms. The van der Waals surface area contributed by atoms with Crippen molar-refractivity contribution in [2.24, 2.45) is 5.92 Å². The van der Waals surface area contributed by atoms with Gasteiger partial charge in [0, 0.05) is 26.2 Å². The highest BCUT2D eigenvalue weighted by Crippen LogP contribution is 2.25. The van der Waals surface area contributed by atoms with Crippen molar-refractivity contribution in [1.82, 2.24) is 15.2 Å². The van der Waals surface area contributed by atoms with Crippen LogP contribution in [-0.4, -0.2) is 41.4 Å². The van der Waals surface area contributed by atoms with Gasteiger partial charge in [-0.3, -0.25) is 0 Å². The summed E-state index contributed by atoms with van der Waals surface area (Å²) < 4.78 is 0. The van der Waals surface area contributed by atoms with Crippen LogP contribution >= 0.6 is 0 Å². The van der Waals surface area contributed by atoms with Gasteiger partial charge in [-0.2, -0.15) is 10.1 Å². The molecule has 2 aliphatic rings. The quantitative estimate of drug-likeness (QED) is 0.865. The van der Waals surface area contributed by atoms with E-state index in [1.54, 1.807) is 6.20 Å². The molecule has 0 unspecified atom stereocenters. The molecule has 5 heteroatoms. The van der Waals surface area contributed by atoms with Crippen molar-refractivity contribution >= 4 is 11.8 Å². The molecule has 126 valence electrons. The molecule has 3 heterocycles. The van der Waals surface area contributed by atoms with Crippen molar-refractivity contribution in [3.63, 3.8) is 0 Å². The number of aromatic nitrogens is 3. The van der Waals surface area contributed by atoms with E-state index in [9.17, 15) is 0 Å². The molecule has 2 fully saturated rings. The average Bonchev–Trinajstić information content (AvgIpc) is 3.18. The van der Waals surface area contributed by atoms with Gasteiger partial charge in [-0.15, -0.1) is 5.10 Å². The van der Waals surface area contributed by atoms with E-state index >= 15 is 0 Å². The van der Waals surface area contributed by atoms with Gasteiger partial charge in [-0.05, 0) is 43.6 Å². The van der Waals surface area contributed by atoms with Crippen LogP contribution in [0.25, 0.3) is 0 Å². The Morgan fingerprint density at radius 3 is 2.42 bits per heavy atom. The minimum absolute atomic E-state index is 0.762. The number of piperidine rings is 1. The van der Waals surface area contributed by atoms with Gasteiger partial charge in [0.05, 0.1) is 6.20 Å². The topological polar surface area (TPSA) is 45.2 Å². The van der Waals surface area contributed by atoms with Crippen LogP contribution in [0.2, 0.25) is 0 Å². The van der Waals surface area contributed by atoms with E-state index in [0.29, 0.717) is 0 Å². The first-order valence-corrected chi connectivity index (χ1v) is 9.12. The second-order valence-electron chi connectivity index (χ2n) is 6.93. The Morgan fingerprint density at radius 2 is 1.67 bits per heavy atom. The zero-order valence-electron chi connectivity index (χ0n) is 14.1. The van der Waals surface area contributed by atoms with E-state index in [4.69, 9.17) is 4.98 Å². The van der Waals surface area contributed by atoms with Crippen LogP contribution in [0.1, 0.15) is 31.2 Å². The van der Waals surface area contributed by atoms with E-state index in [1.165, 1.54) is 37.7 Å². The van der Waals surface area contributed by atoms with Crippen molar-refractivity contribution in [2.75, 3.05) is 36.0 Å². The monoisotopic (exact) mass is 323 g/mol. The Balaban J connectivity index is 1.36. The lowest BCUT2D eigenvalue weighted by molar-refractivity contribution is 0.400. The third kappa shape index (κ3) is 3.50. The predicted molar refractivity (Wildman–Crippen MR) is 96.4 cm³/mol. The Kier molecular flexibility index (Phi) is 4.58. The zero-order valence-corrected chi connectivity index (χ0v) is 14.1. The number of anilines is 2. The van der Waals surface area contributed by atoms with Crippen LogP contribution in [0.15, 0.2) is 36.5 Å². The SMILES string of the molecule is c1ccc(CC2CCN(c3nncc(N4CCCC4)n3)CC2)cc1. The normalized spacial score (nSPS) is 19.0. The molecule has 24 heavy (non-hydrogen) atoms. The van der Waals surface area contributed by atoms with E-state index in [0.717, 1.165) is 43.9 Å². The lowest BCUT2D eigenvalue weighted by Gasteiger charge is -2.32. The summed E-state index contributed by atoms with van der Waals surface area (Å²) in [7, 11) is 0. The summed E-state index contributed by atoms with van der Waals surface area (Å²) >= 11 is 0. The Hall–Kier alpha value is -2.17. The molecule has 0 bridgehead atoms. The van der Waals surface area contributed by atoms with Crippen LogP contribution in [-0.2, 0) is 6.42 Å². The molecular formula is C19H25N5. The zero-order chi connectivity index (χ0) is 16.2. The first-order valence-electron chi connectivity index (χ1n) is 9.12. The van der Waals surface area contributed by atoms with E-state index in [2.05, 4.69) is 50.3 Å². The van der Waals surface area contributed by atoms with Gasteiger partial charge < -0.3 is 9.80 Å². The second kappa shape index (κ2) is 7.16. The number of rotatable bonds is 4. The highest BCUT2D eigenvalue weighted by molar-refractivity contribution is 5.42. The molecule has 0 saturated carbocycles. The third-order valence-electron chi connectivity index (χ3n) is 5.23. The van der Waals surface area contributed by atoms with Crippen molar-refractivity contribution in [3.8, 4) is 0 Å². The fourth-order valence-electron chi connectivity index (χ4n) is 3.80. The van der Waals surface area contributed by atoms with Crippen molar-refractivity contribution < 1.29 is 0 Å². The van der Waals surface area contributed by atoms with E-state index < -0.39 is 0 Å². The van der Waals surface area contributed by atoms with E-state index in [-0.39, 0.29) is 0 Å². The molecule has 1 aromatic heterocycles. The molecule has 0 amide bonds. The standard InChI is InChI=1S/C19H25N5/c1-2-6-16(7-3-1)14-17-8-12-24(13-9-17)19-21-18(15-20-22-19)23-10-4-5-11-23/h1-3,6-7,15,17H,4-5,8-14H2. The largest absolute Gasteiger partial charge is 0.355 e. The Morgan fingerprint density at radius 1 is 0.917 bits per heavy atom. The number of hydrogen-bond donors (Lipinski definition) is 0. The molecule has 0 aliphatic carbocycles. The molecular weight excluding hydrogens is 298 g/mol. The fraction of sp³-hybridized carbons (Fsp3) is 0.526. The molecule has 2 aromatic rings. The first kappa shape index (κ1) is 15.4. The fourth-order valence-corrected chi connectivity index (χ4v) is 3.80. The van der Waals surface area contributed by atoms with Gasteiger partial charge >= 0.3 is 0 Å². The maximum atomic E-state index is 4.77. The summed E-state index contributed by atoms with van der Waals surface area (Å²) in [5.74, 6) is 2.56. The van der Waals surface area contributed by atoms with Gasteiger partial charge in [0.2, 0.25) is 5.95 Å². The molecule has 1 aromatic carbocycles. The number of benzene rings is 1. The Bertz CT molecular complexity index is 646. The maximum absolute atomic E-state index is 4.77. The van der Waals surface area contributed by atoms with Crippen LogP contribution in [0.4, 0.5) is 11.8 Å². The maximum Gasteiger partial charge on any atom is 0.247 e. The summed E-state index contributed by atoms with van der Waals surface area (Å²) in [6.45, 7) is 4.25.